The second-order valence-electron chi connectivity index (χ2n) is 5.71. The quantitative estimate of drug-likeness (QED) is 0.867. The van der Waals surface area contributed by atoms with Crippen LogP contribution in [0.25, 0.3) is 0 Å². The Bertz CT molecular complexity index is 436. The van der Waals surface area contributed by atoms with Gasteiger partial charge in [-0.15, -0.1) is 0 Å². The summed E-state index contributed by atoms with van der Waals surface area (Å²) in [7, 11) is 1.74. The largest absolute Gasteiger partial charge is 0.381 e. The molecule has 1 unspecified atom stereocenters. The van der Waals surface area contributed by atoms with Gasteiger partial charge in [0.1, 0.15) is 0 Å². The van der Waals surface area contributed by atoms with E-state index in [1.165, 1.54) is 29.2 Å². The zero-order chi connectivity index (χ0) is 13.9. The highest BCUT2D eigenvalue weighted by Gasteiger charge is 2.32. The van der Waals surface area contributed by atoms with Crippen molar-refractivity contribution in [2.75, 3.05) is 23.9 Å². The fraction of sp³-hybridized carbons (Fsp3) is 0.600. The summed E-state index contributed by atoms with van der Waals surface area (Å²) >= 11 is 5.66. The smallest absolute Gasteiger partial charge is 0.0744 e. The highest BCUT2D eigenvalue weighted by molar-refractivity contribution is 9.10. The van der Waals surface area contributed by atoms with E-state index in [2.05, 4.69) is 53.3 Å². The Morgan fingerprint density at radius 3 is 2.95 bits per heavy atom. The summed E-state index contributed by atoms with van der Waals surface area (Å²) in [6.07, 6.45) is 1.27. The van der Waals surface area contributed by atoms with Gasteiger partial charge in [0.05, 0.1) is 6.61 Å². The van der Waals surface area contributed by atoms with Crippen molar-refractivity contribution in [3.63, 3.8) is 0 Å². The number of halogens is 1. The lowest BCUT2D eigenvalue weighted by atomic mass is 9.82. The summed E-state index contributed by atoms with van der Waals surface area (Å²) in [5.41, 5.74) is 2.74. The molecule has 0 amide bonds. The maximum absolute atomic E-state index is 5.32. The molecule has 2 rings (SSSR count). The van der Waals surface area contributed by atoms with Crippen LogP contribution in [0.15, 0.2) is 22.7 Å². The Morgan fingerprint density at radius 2 is 2.26 bits per heavy atom. The monoisotopic (exact) mass is 343 g/mol. The van der Waals surface area contributed by atoms with Crippen LogP contribution in [0.5, 0.6) is 0 Å². The molecule has 19 heavy (non-hydrogen) atoms. The van der Waals surface area contributed by atoms with Crippen LogP contribution in [0.4, 0.5) is 5.69 Å². The molecule has 1 heterocycles. The molecule has 4 heteroatoms. The standard InChI is InChI=1S/C15H22BrNOS/c1-15(2)7-8-19-10-14(15)17-13-6-4-5-12(16)11(13)9-18-3/h4-6,14,17H,7-10H2,1-3H3. The Balaban J connectivity index is 2.20. The van der Waals surface area contributed by atoms with Gasteiger partial charge < -0.3 is 10.1 Å². The number of hydrogen-bond acceptors (Lipinski definition) is 3. The number of anilines is 1. The maximum Gasteiger partial charge on any atom is 0.0744 e. The van der Waals surface area contributed by atoms with E-state index < -0.39 is 0 Å². The predicted octanol–water partition coefficient (Wildman–Crippen LogP) is 4.54. The third-order valence-corrected chi connectivity index (χ3v) is 5.66. The van der Waals surface area contributed by atoms with Crippen LogP contribution < -0.4 is 5.32 Å². The minimum absolute atomic E-state index is 0.345. The Morgan fingerprint density at radius 1 is 1.47 bits per heavy atom. The SMILES string of the molecule is COCc1c(Br)cccc1NC1CSCCC1(C)C. The Kier molecular flexibility index (Phi) is 5.21. The van der Waals surface area contributed by atoms with Crippen molar-refractivity contribution < 1.29 is 4.74 Å². The van der Waals surface area contributed by atoms with Gasteiger partial charge >= 0.3 is 0 Å². The zero-order valence-electron chi connectivity index (χ0n) is 11.8. The first kappa shape index (κ1) is 15.2. The van der Waals surface area contributed by atoms with Crippen LogP contribution in [0.1, 0.15) is 25.8 Å². The number of rotatable bonds is 4. The van der Waals surface area contributed by atoms with E-state index in [0.717, 1.165) is 4.47 Å². The van der Waals surface area contributed by atoms with E-state index in [0.29, 0.717) is 18.1 Å². The molecule has 1 aromatic rings. The number of benzene rings is 1. The number of methoxy groups -OCH3 is 1. The first-order valence-corrected chi connectivity index (χ1v) is 8.60. The number of nitrogens with one attached hydrogen (secondary N) is 1. The molecule has 0 saturated carbocycles. The van der Waals surface area contributed by atoms with Gasteiger partial charge in [0.15, 0.2) is 0 Å². The topological polar surface area (TPSA) is 21.3 Å². The average Bonchev–Trinajstić information content (AvgIpc) is 2.36. The highest BCUT2D eigenvalue weighted by atomic mass is 79.9. The fourth-order valence-corrected chi connectivity index (χ4v) is 4.43. The number of hydrogen-bond donors (Lipinski definition) is 1. The van der Waals surface area contributed by atoms with Gasteiger partial charge in [0, 0.05) is 34.6 Å². The molecular formula is C15H22BrNOS. The van der Waals surface area contributed by atoms with E-state index in [1.807, 2.05) is 11.8 Å². The molecular weight excluding hydrogens is 322 g/mol. The lowest BCUT2D eigenvalue weighted by molar-refractivity contribution is 0.184. The lowest BCUT2D eigenvalue weighted by Crippen LogP contribution is -2.41. The second-order valence-corrected chi connectivity index (χ2v) is 7.71. The molecule has 0 radical (unpaired) electrons. The van der Waals surface area contributed by atoms with Gasteiger partial charge in [-0.25, -0.2) is 0 Å². The number of thioether (sulfide) groups is 1. The van der Waals surface area contributed by atoms with Crippen molar-refractivity contribution in [2.24, 2.45) is 5.41 Å². The van der Waals surface area contributed by atoms with Gasteiger partial charge in [0.25, 0.3) is 0 Å². The first-order chi connectivity index (χ1) is 9.04. The third kappa shape index (κ3) is 3.67. The normalized spacial score (nSPS) is 22.2. The average molecular weight is 344 g/mol. The van der Waals surface area contributed by atoms with E-state index in [-0.39, 0.29) is 0 Å². The number of ether oxygens (including phenoxy) is 1. The van der Waals surface area contributed by atoms with Gasteiger partial charge in [0.2, 0.25) is 0 Å². The van der Waals surface area contributed by atoms with Crippen molar-refractivity contribution in [3.05, 3.63) is 28.2 Å². The third-order valence-electron chi connectivity index (χ3n) is 3.86. The molecule has 1 fully saturated rings. The van der Waals surface area contributed by atoms with Crippen LogP contribution in [-0.2, 0) is 11.3 Å². The van der Waals surface area contributed by atoms with Crippen molar-refractivity contribution in [1.29, 1.82) is 0 Å². The Labute approximate surface area is 128 Å². The van der Waals surface area contributed by atoms with Gasteiger partial charge in [-0.1, -0.05) is 35.8 Å². The predicted molar refractivity (Wildman–Crippen MR) is 88.0 cm³/mol. The van der Waals surface area contributed by atoms with Crippen LogP contribution in [0, 0.1) is 5.41 Å². The van der Waals surface area contributed by atoms with Crippen LogP contribution in [-0.4, -0.2) is 24.7 Å². The molecule has 1 N–H and O–H groups in total. The minimum atomic E-state index is 0.345. The molecule has 1 saturated heterocycles. The van der Waals surface area contributed by atoms with Crippen LogP contribution >= 0.6 is 27.7 Å². The molecule has 106 valence electrons. The van der Waals surface area contributed by atoms with Crippen LogP contribution in [0.3, 0.4) is 0 Å². The fourth-order valence-electron chi connectivity index (χ4n) is 2.35. The second kappa shape index (κ2) is 6.51. The molecule has 2 nitrogen and oxygen atoms in total. The molecule has 1 atom stereocenters. The minimum Gasteiger partial charge on any atom is -0.381 e. The van der Waals surface area contributed by atoms with Crippen molar-refractivity contribution >= 4 is 33.4 Å². The molecule has 0 spiro atoms. The maximum atomic E-state index is 5.32. The summed E-state index contributed by atoms with van der Waals surface area (Å²) in [6, 6.07) is 6.81. The highest BCUT2D eigenvalue weighted by Crippen LogP contribution is 2.37. The summed E-state index contributed by atoms with van der Waals surface area (Å²) < 4.78 is 6.43. The van der Waals surface area contributed by atoms with E-state index >= 15 is 0 Å². The molecule has 0 aromatic heterocycles. The van der Waals surface area contributed by atoms with Crippen molar-refractivity contribution in [3.8, 4) is 0 Å². The summed E-state index contributed by atoms with van der Waals surface area (Å²) in [5.74, 6) is 2.44. The van der Waals surface area contributed by atoms with E-state index in [9.17, 15) is 0 Å². The molecule has 0 aliphatic carbocycles. The molecule has 1 aromatic carbocycles. The van der Waals surface area contributed by atoms with Crippen molar-refractivity contribution in [1.82, 2.24) is 0 Å². The van der Waals surface area contributed by atoms with Gasteiger partial charge in [-0.3, -0.25) is 0 Å². The first-order valence-electron chi connectivity index (χ1n) is 6.65. The lowest BCUT2D eigenvalue weighted by Gasteiger charge is -2.39. The molecule has 0 bridgehead atoms. The Hall–Kier alpha value is -0.190. The van der Waals surface area contributed by atoms with E-state index in [4.69, 9.17) is 4.74 Å². The zero-order valence-corrected chi connectivity index (χ0v) is 14.2. The summed E-state index contributed by atoms with van der Waals surface area (Å²) in [5, 5.41) is 3.73. The van der Waals surface area contributed by atoms with Crippen molar-refractivity contribution in [2.45, 2.75) is 32.9 Å². The van der Waals surface area contributed by atoms with Gasteiger partial charge in [-0.2, -0.15) is 11.8 Å². The molecule has 1 aliphatic rings. The van der Waals surface area contributed by atoms with Gasteiger partial charge in [-0.05, 0) is 29.7 Å². The van der Waals surface area contributed by atoms with E-state index in [1.54, 1.807) is 7.11 Å². The summed E-state index contributed by atoms with van der Waals surface area (Å²) in [4.78, 5) is 0. The van der Waals surface area contributed by atoms with Crippen LogP contribution in [0.2, 0.25) is 0 Å². The summed E-state index contributed by atoms with van der Waals surface area (Å²) in [6.45, 7) is 5.35. The molecule has 1 aliphatic heterocycles.